The van der Waals surface area contributed by atoms with Gasteiger partial charge in [-0.15, -0.1) is 0 Å². The Labute approximate surface area is 111 Å². The fourth-order valence-corrected chi connectivity index (χ4v) is 2.60. The SMILES string of the molecule is CS(=O)(=O)CCC(CN)(CO)c1cc(F)cc(F)c1. The zero-order chi connectivity index (χ0) is 14.7. The number of benzene rings is 1. The van der Waals surface area contributed by atoms with E-state index in [0.717, 1.165) is 18.4 Å². The fraction of sp³-hybridized carbons (Fsp3) is 0.500. The molecule has 1 rings (SSSR count). The lowest BCUT2D eigenvalue weighted by molar-refractivity contribution is 0.192. The maximum Gasteiger partial charge on any atom is 0.147 e. The first-order chi connectivity index (χ1) is 8.72. The van der Waals surface area contributed by atoms with Crippen LogP contribution in [0.3, 0.4) is 0 Å². The third-order valence-corrected chi connectivity index (χ3v) is 4.07. The third-order valence-electron chi connectivity index (χ3n) is 3.12. The quantitative estimate of drug-likeness (QED) is 0.804. The largest absolute Gasteiger partial charge is 0.395 e. The van der Waals surface area contributed by atoms with Crippen molar-refractivity contribution < 1.29 is 22.3 Å². The molecule has 0 aliphatic heterocycles. The van der Waals surface area contributed by atoms with Crippen molar-refractivity contribution in [3.8, 4) is 0 Å². The maximum atomic E-state index is 13.2. The van der Waals surface area contributed by atoms with Gasteiger partial charge in [-0.2, -0.15) is 0 Å². The summed E-state index contributed by atoms with van der Waals surface area (Å²) in [4.78, 5) is 0. The molecule has 0 aromatic heterocycles. The van der Waals surface area contributed by atoms with Crippen LogP contribution in [0, 0.1) is 11.6 Å². The second kappa shape index (κ2) is 5.94. The van der Waals surface area contributed by atoms with E-state index in [-0.39, 0.29) is 24.3 Å². The normalized spacial score (nSPS) is 15.2. The molecule has 1 atom stereocenters. The highest BCUT2D eigenvalue weighted by atomic mass is 32.2. The van der Waals surface area contributed by atoms with Crippen molar-refractivity contribution in [2.75, 3.05) is 25.2 Å². The van der Waals surface area contributed by atoms with E-state index in [4.69, 9.17) is 5.73 Å². The topological polar surface area (TPSA) is 80.4 Å². The monoisotopic (exact) mass is 293 g/mol. The number of aliphatic hydroxyl groups is 1. The van der Waals surface area contributed by atoms with Gasteiger partial charge in [0.05, 0.1) is 12.4 Å². The van der Waals surface area contributed by atoms with Crippen LogP contribution >= 0.6 is 0 Å². The average Bonchev–Trinajstić information content (AvgIpc) is 2.28. The van der Waals surface area contributed by atoms with Gasteiger partial charge in [0, 0.05) is 24.3 Å². The minimum atomic E-state index is -3.26. The summed E-state index contributed by atoms with van der Waals surface area (Å²) >= 11 is 0. The molecule has 19 heavy (non-hydrogen) atoms. The summed E-state index contributed by atoms with van der Waals surface area (Å²) in [5, 5.41) is 9.49. The number of halogens is 2. The highest BCUT2D eigenvalue weighted by Gasteiger charge is 2.32. The summed E-state index contributed by atoms with van der Waals surface area (Å²) in [6.45, 7) is -0.593. The summed E-state index contributed by atoms with van der Waals surface area (Å²) in [6, 6.07) is 2.83. The summed E-state index contributed by atoms with van der Waals surface area (Å²) in [5.41, 5.74) is 4.58. The molecule has 0 bridgehead atoms. The molecule has 0 aliphatic carbocycles. The van der Waals surface area contributed by atoms with Gasteiger partial charge in [0.1, 0.15) is 21.5 Å². The van der Waals surface area contributed by atoms with Gasteiger partial charge in [0.2, 0.25) is 0 Å². The van der Waals surface area contributed by atoms with E-state index < -0.39 is 33.5 Å². The first-order valence-electron chi connectivity index (χ1n) is 5.68. The average molecular weight is 293 g/mol. The molecule has 7 heteroatoms. The van der Waals surface area contributed by atoms with E-state index in [2.05, 4.69) is 0 Å². The molecule has 0 saturated heterocycles. The van der Waals surface area contributed by atoms with Crippen LogP contribution in [0.25, 0.3) is 0 Å². The van der Waals surface area contributed by atoms with E-state index >= 15 is 0 Å². The number of aliphatic hydroxyl groups excluding tert-OH is 1. The van der Waals surface area contributed by atoms with Crippen LogP contribution in [0.5, 0.6) is 0 Å². The van der Waals surface area contributed by atoms with Gasteiger partial charge in [-0.05, 0) is 24.1 Å². The van der Waals surface area contributed by atoms with Crippen molar-refractivity contribution in [3.05, 3.63) is 35.4 Å². The molecule has 1 aromatic carbocycles. The minimum Gasteiger partial charge on any atom is -0.395 e. The Morgan fingerprint density at radius 2 is 1.79 bits per heavy atom. The molecule has 108 valence electrons. The van der Waals surface area contributed by atoms with Crippen molar-refractivity contribution in [2.45, 2.75) is 11.8 Å². The Hall–Kier alpha value is -1.05. The third kappa shape index (κ3) is 4.22. The van der Waals surface area contributed by atoms with Crippen molar-refractivity contribution in [1.29, 1.82) is 0 Å². The molecule has 0 spiro atoms. The molecule has 0 heterocycles. The number of hydrogen-bond donors (Lipinski definition) is 2. The summed E-state index contributed by atoms with van der Waals surface area (Å²) < 4.78 is 48.9. The molecular weight excluding hydrogens is 276 g/mol. The summed E-state index contributed by atoms with van der Waals surface area (Å²) in [6.07, 6.45) is 1.06. The zero-order valence-electron chi connectivity index (χ0n) is 10.6. The number of sulfone groups is 1. The molecule has 0 fully saturated rings. The van der Waals surface area contributed by atoms with Crippen LogP contribution in [0.1, 0.15) is 12.0 Å². The first-order valence-corrected chi connectivity index (χ1v) is 7.74. The van der Waals surface area contributed by atoms with Gasteiger partial charge in [-0.25, -0.2) is 17.2 Å². The highest BCUT2D eigenvalue weighted by Crippen LogP contribution is 2.28. The van der Waals surface area contributed by atoms with Crippen LogP contribution in [0.15, 0.2) is 18.2 Å². The lowest BCUT2D eigenvalue weighted by atomic mass is 9.79. The number of rotatable bonds is 6. The molecule has 1 aromatic rings. The molecule has 0 radical (unpaired) electrons. The van der Waals surface area contributed by atoms with Gasteiger partial charge < -0.3 is 10.8 Å². The highest BCUT2D eigenvalue weighted by molar-refractivity contribution is 7.90. The smallest absolute Gasteiger partial charge is 0.147 e. The van der Waals surface area contributed by atoms with Gasteiger partial charge in [-0.1, -0.05) is 0 Å². The molecular formula is C12H17F2NO3S. The summed E-state index contributed by atoms with van der Waals surface area (Å²) in [5.74, 6) is -1.80. The van der Waals surface area contributed by atoms with Gasteiger partial charge >= 0.3 is 0 Å². The van der Waals surface area contributed by atoms with E-state index in [1.165, 1.54) is 0 Å². The number of hydrogen-bond acceptors (Lipinski definition) is 4. The second-order valence-electron chi connectivity index (χ2n) is 4.68. The predicted molar refractivity (Wildman–Crippen MR) is 68.5 cm³/mol. The maximum absolute atomic E-state index is 13.2. The van der Waals surface area contributed by atoms with E-state index in [1.807, 2.05) is 0 Å². The minimum absolute atomic E-state index is 0.00171. The molecule has 3 N–H and O–H groups in total. The standard InChI is InChI=1S/C12H17F2NO3S/c1-19(17,18)3-2-12(7-15,8-16)9-4-10(13)6-11(14)5-9/h4-6,16H,2-3,7-8,15H2,1H3. The molecule has 0 aliphatic rings. The Kier molecular flexibility index (Phi) is 5.00. The van der Waals surface area contributed by atoms with Crippen molar-refractivity contribution in [1.82, 2.24) is 0 Å². The molecule has 4 nitrogen and oxygen atoms in total. The second-order valence-corrected chi connectivity index (χ2v) is 6.94. The molecule has 0 amide bonds. The van der Waals surface area contributed by atoms with Gasteiger partial charge in [-0.3, -0.25) is 0 Å². The van der Waals surface area contributed by atoms with Crippen LogP contribution in [0.4, 0.5) is 8.78 Å². The van der Waals surface area contributed by atoms with Crippen LogP contribution in [0.2, 0.25) is 0 Å². The van der Waals surface area contributed by atoms with Crippen LogP contribution in [-0.4, -0.2) is 38.7 Å². The summed E-state index contributed by atoms with van der Waals surface area (Å²) in [7, 11) is -3.26. The van der Waals surface area contributed by atoms with Crippen LogP contribution < -0.4 is 5.73 Å². The first kappa shape index (κ1) is 16.0. The van der Waals surface area contributed by atoms with Crippen molar-refractivity contribution in [3.63, 3.8) is 0 Å². The Balaban J connectivity index is 3.17. The van der Waals surface area contributed by atoms with E-state index in [1.54, 1.807) is 0 Å². The fourth-order valence-electron chi connectivity index (χ4n) is 1.84. The van der Waals surface area contributed by atoms with Gasteiger partial charge in [0.15, 0.2) is 0 Å². The Morgan fingerprint density at radius 1 is 1.26 bits per heavy atom. The van der Waals surface area contributed by atoms with Crippen LogP contribution in [-0.2, 0) is 15.3 Å². The number of nitrogens with two attached hydrogens (primary N) is 1. The lowest BCUT2D eigenvalue weighted by Crippen LogP contribution is -2.40. The van der Waals surface area contributed by atoms with Gasteiger partial charge in [0.25, 0.3) is 0 Å². The Bertz CT molecular complexity index is 522. The lowest BCUT2D eigenvalue weighted by Gasteiger charge is -2.31. The molecule has 0 saturated carbocycles. The van der Waals surface area contributed by atoms with E-state index in [0.29, 0.717) is 6.07 Å². The zero-order valence-corrected chi connectivity index (χ0v) is 11.4. The Morgan fingerprint density at radius 3 is 2.16 bits per heavy atom. The van der Waals surface area contributed by atoms with E-state index in [9.17, 15) is 22.3 Å². The molecule has 1 unspecified atom stereocenters. The predicted octanol–water partition coefficient (Wildman–Crippen LogP) is 0.588. The van der Waals surface area contributed by atoms with Crippen molar-refractivity contribution in [2.24, 2.45) is 5.73 Å². The van der Waals surface area contributed by atoms with Crippen molar-refractivity contribution >= 4 is 9.84 Å².